The first-order valence-electron chi connectivity index (χ1n) is 6.78. The van der Waals surface area contributed by atoms with Gasteiger partial charge in [-0.25, -0.2) is 9.78 Å². The van der Waals surface area contributed by atoms with E-state index >= 15 is 0 Å². The van der Waals surface area contributed by atoms with Crippen LogP contribution in [-0.4, -0.2) is 18.1 Å². The van der Waals surface area contributed by atoms with Gasteiger partial charge in [-0.3, -0.25) is 0 Å². The molecule has 1 fully saturated rings. The van der Waals surface area contributed by atoms with Crippen molar-refractivity contribution in [1.82, 2.24) is 4.98 Å². The molecule has 0 amide bonds. The summed E-state index contributed by atoms with van der Waals surface area (Å²) in [7, 11) is 1.40. The fourth-order valence-electron chi connectivity index (χ4n) is 2.23. The van der Waals surface area contributed by atoms with Crippen molar-refractivity contribution in [3.8, 4) is 0 Å². The van der Waals surface area contributed by atoms with Crippen LogP contribution in [0.4, 0.5) is 11.4 Å². The van der Waals surface area contributed by atoms with Crippen LogP contribution < -0.4 is 5.32 Å². The van der Waals surface area contributed by atoms with Crippen molar-refractivity contribution in [2.24, 2.45) is 0 Å². The molecule has 0 saturated heterocycles. The van der Waals surface area contributed by atoms with Gasteiger partial charge in [0.2, 0.25) is 0 Å². The van der Waals surface area contributed by atoms with E-state index in [-0.39, 0.29) is 5.97 Å². The van der Waals surface area contributed by atoms with Gasteiger partial charge in [-0.05, 0) is 64.5 Å². The van der Waals surface area contributed by atoms with Gasteiger partial charge in [0.05, 0.1) is 30.2 Å². The summed E-state index contributed by atoms with van der Waals surface area (Å²) < 4.78 is 5.66. The fourth-order valence-corrected chi connectivity index (χ4v) is 2.46. The number of anilines is 2. The van der Waals surface area contributed by atoms with E-state index in [1.54, 1.807) is 6.20 Å². The van der Waals surface area contributed by atoms with E-state index in [2.05, 4.69) is 32.3 Å². The first-order valence-corrected chi connectivity index (χ1v) is 7.57. The molecule has 1 N–H and O–H groups in total. The summed E-state index contributed by atoms with van der Waals surface area (Å²) in [4.78, 5) is 16.2. The number of aromatic nitrogens is 1. The lowest BCUT2D eigenvalue weighted by molar-refractivity contribution is 0.0602. The average molecular weight is 347 g/mol. The second-order valence-electron chi connectivity index (χ2n) is 5.07. The minimum atomic E-state index is -0.329. The van der Waals surface area contributed by atoms with Crippen LogP contribution in [0.5, 0.6) is 0 Å². The standard InChI is InChI=1S/C16H15BrN2O2/c1-21-16(20)13-8-11(10-2-3-10)4-6-14(13)19-12-5-7-15(17)18-9-12/h4-10,19H,2-3H2,1H3. The Hall–Kier alpha value is -1.88. The van der Waals surface area contributed by atoms with Crippen molar-refractivity contribution in [2.45, 2.75) is 18.8 Å². The summed E-state index contributed by atoms with van der Waals surface area (Å²) in [5.41, 5.74) is 3.32. The largest absolute Gasteiger partial charge is 0.465 e. The van der Waals surface area contributed by atoms with E-state index in [1.807, 2.05) is 24.3 Å². The molecule has 1 aromatic heterocycles. The predicted octanol–water partition coefficient (Wildman–Crippen LogP) is 4.25. The number of hydrogen-bond acceptors (Lipinski definition) is 4. The molecule has 0 radical (unpaired) electrons. The minimum Gasteiger partial charge on any atom is -0.465 e. The maximum Gasteiger partial charge on any atom is 0.339 e. The van der Waals surface area contributed by atoms with Crippen molar-refractivity contribution < 1.29 is 9.53 Å². The van der Waals surface area contributed by atoms with Gasteiger partial charge in [0, 0.05) is 0 Å². The highest BCUT2D eigenvalue weighted by atomic mass is 79.9. The van der Waals surface area contributed by atoms with Crippen LogP contribution in [0.2, 0.25) is 0 Å². The number of pyridine rings is 1. The van der Waals surface area contributed by atoms with Crippen LogP contribution in [0.1, 0.15) is 34.7 Å². The first-order chi connectivity index (χ1) is 10.2. The van der Waals surface area contributed by atoms with Crippen LogP contribution in [0.25, 0.3) is 0 Å². The number of ether oxygens (including phenoxy) is 1. The van der Waals surface area contributed by atoms with Crippen molar-refractivity contribution in [3.05, 3.63) is 52.3 Å². The number of nitrogens with zero attached hydrogens (tertiary/aromatic N) is 1. The Morgan fingerprint density at radius 2 is 2.14 bits per heavy atom. The van der Waals surface area contributed by atoms with Crippen molar-refractivity contribution in [2.75, 3.05) is 12.4 Å². The SMILES string of the molecule is COC(=O)c1cc(C2CC2)ccc1Nc1ccc(Br)nc1. The second kappa shape index (κ2) is 5.85. The number of benzene rings is 1. The van der Waals surface area contributed by atoms with E-state index in [0.29, 0.717) is 11.5 Å². The van der Waals surface area contributed by atoms with Gasteiger partial charge in [-0.2, -0.15) is 0 Å². The van der Waals surface area contributed by atoms with Crippen molar-refractivity contribution >= 4 is 33.3 Å². The molecule has 0 unspecified atom stereocenters. The van der Waals surface area contributed by atoms with E-state index in [9.17, 15) is 4.79 Å². The summed E-state index contributed by atoms with van der Waals surface area (Å²) in [6.45, 7) is 0. The van der Waals surface area contributed by atoms with E-state index in [4.69, 9.17) is 4.74 Å². The number of esters is 1. The third-order valence-electron chi connectivity index (χ3n) is 3.50. The van der Waals surface area contributed by atoms with Gasteiger partial charge in [0.1, 0.15) is 4.60 Å². The molecule has 2 aromatic rings. The smallest absolute Gasteiger partial charge is 0.339 e. The van der Waals surface area contributed by atoms with Crippen molar-refractivity contribution in [3.63, 3.8) is 0 Å². The summed E-state index contributed by atoms with van der Waals surface area (Å²) in [5, 5.41) is 3.22. The fraction of sp³-hybridized carbons (Fsp3) is 0.250. The monoisotopic (exact) mass is 346 g/mol. The highest BCUT2D eigenvalue weighted by Crippen LogP contribution is 2.41. The van der Waals surface area contributed by atoms with Crippen LogP contribution in [-0.2, 0) is 4.74 Å². The van der Waals surface area contributed by atoms with E-state index < -0.39 is 0 Å². The molecule has 21 heavy (non-hydrogen) atoms. The van der Waals surface area contributed by atoms with Crippen LogP contribution in [0, 0.1) is 0 Å². The molecular formula is C16H15BrN2O2. The Kier molecular flexibility index (Phi) is 3.92. The summed E-state index contributed by atoms with van der Waals surface area (Å²) >= 11 is 3.30. The van der Waals surface area contributed by atoms with Crippen molar-refractivity contribution in [1.29, 1.82) is 0 Å². The number of nitrogens with one attached hydrogen (secondary N) is 1. The highest BCUT2D eigenvalue weighted by Gasteiger charge is 2.25. The summed E-state index contributed by atoms with van der Waals surface area (Å²) in [6, 6.07) is 9.67. The Balaban J connectivity index is 1.92. The van der Waals surface area contributed by atoms with Gasteiger partial charge >= 0.3 is 5.97 Å². The van der Waals surface area contributed by atoms with Crippen LogP contribution in [0.3, 0.4) is 0 Å². The Bertz CT molecular complexity index is 666. The predicted molar refractivity (Wildman–Crippen MR) is 85.0 cm³/mol. The molecule has 0 aliphatic heterocycles. The molecule has 5 heteroatoms. The zero-order chi connectivity index (χ0) is 14.8. The average Bonchev–Trinajstić information content (AvgIpc) is 3.34. The number of rotatable bonds is 4. The molecule has 0 atom stereocenters. The molecule has 1 saturated carbocycles. The molecule has 4 nitrogen and oxygen atoms in total. The lowest BCUT2D eigenvalue weighted by atomic mass is 10.0. The second-order valence-corrected chi connectivity index (χ2v) is 5.88. The minimum absolute atomic E-state index is 0.329. The number of methoxy groups -OCH3 is 1. The first kappa shape index (κ1) is 14.1. The third kappa shape index (κ3) is 3.24. The Morgan fingerprint density at radius 3 is 2.76 bits per heavy atom. The third-order valence-corrected chi connectivity index (χ3v) is 3.97. The summed E-state index contributed by atoms with van der Waals surface area (Å²) in [5.74, 6) is 0.266. The van der Waals surface area contributed by atoms with Crippen LogP contribution in [0.15, 0.2) is 41.1 Å². The maximum atomic E-state index is 12.0. The molecule has 1 heterocycles. The molecule has 1 aliphatic carbocycles. The van der Waals surface area contributed by atoms with Gasteiger partial charge in [-0.1, -0.05) is 6.07 Å². The molecule has 108 valence electrons. The number of carbonyl (C=O) groups is 1. The van der Waals surface area contributed by atoms with Gasteiger partial charge < -0.3 is 10.1 Å². The quantitative estimate of drug-likeness (QED) is 0.664. The normalized spacial score (nSPS) is 13.8. The lowest BCUT2D eigenvalue weighted by Crippen LogP contribution is -2.06. The Morgan fingerprint density at radius 1 is 1.33 bits per heavy atom. The molecule has 0 bridgehead atoms. The zero-order valence-electron chi connectivity index (χ0n) is 11.6. The molecule has 1 aromatic carbocycles. The molecular weight excluding hydrogens is 332 g/mol. The highest BCUT2D eigenvalue weighted by molar-refractivity contribution is 9.10. The topological polar surface area (TPSA) is 51.2 Å². The summed E-state index contributed by atoms with van der Waals surface area (Å²) in [6.07, 6.45) is 4.11. The maximum absolute atomic E-state index is 12.0. The lowest BCUT2D eigenvalue weighted by Gasteiger charge is -2.12. The van der Waals surface area contributed by atoms with E-state index in [1.165, 1.54) is 25.5 Å². The van der Waals surface area contributed by atoms with Crippen LogP contribution >= 0.6 is 15.9 Å². The van der Waals surface area contributed by atoms with Gasteiger partial charge in [-0.15, -0.1) is 0 Å². The number of hydrogen-bond donors (Lipinski definition) is 1. The molecule has 1 aliphatic rings. The van der Waals surface area contributed by atoms with Gasteiger partial charge in [0.25, 0.3) is 0 Å². The molecule has 3 rings (SSSR count). The Labute approximate surface area is 131 Å². The van der Waals surface area contributed by atoms with Gasteiger partial charge in [0.15, 0.2) is 0 Å². The number of halogens is 1. The zero-order valence-corrected chi connectivity index (χ0v) is 13.2. The van der Waals surface area contributed by atoms with E-state index in [0.717, 1.165) is 16.0 Å². The number of carbonyl (C=O) groups excluding carboxylic acids is 1. The molecule has 0 spiro atoms.